The number of nitrogens with zero attached hydrogens (tertiary/aromatic N) is 2. The molecule has 1 heterocycles. The van der Waals surface area contributed by atoms with E-state index in [9.17, 15) is 9.90 Å². The number of amides is 1. The molecule has 3 atom stereocenters. The van der Waals surface area contributed by atoms with Gasteiger partial charge in [-0.3, -0.25) is 4.79 Å². The Bertz CT molecular complexity index is 898. The number of aliphatic hydroxyl groups is 1. The van der Waals surface area contributed by atoms with Crippen molar-refractivity contribution >= 4 is 11.6 Å². The number of benzene rings is 2. The minimum Gasteiger partial charge on any atom is -0.387 e. The number of nitrogens with one attached hydrogen (secondary N) is 2. The molecule has 1 unspecified atom stereocenters. The standard InChI is InChI=1S/C27H38N4O2/c1-4-9-24-17-25(30-29-24)19-31(3)27(33)22-14-12-20(13-15-22)16-23(5-2)28-18-26(32)21-10-7-6-8-11-21/h6-8,10-15,23-24,26,28-29,32H,4-5,9,16-19H2,1-3H3/t23-,24?,26-/m0/s1. The first-order chi connectivity index (χ1) is 16.0. The third-order valence-corrected chi connectivity index (χ3v) is 6.25. The molecule has 0 bridgehead atoms. The van der Waals surface area contributed by atoms with Gasteiger partial charge in [-0.25, -0.2) is 0 Å². The quantitative estimate of drug-likeness (QED) is 0.458. The van der Waals surface area contributed by atoms with Gasteiger partial charge in [-0.15, -0.1) is 0 Å². The molecule has 0 saturated carbocycles. The number of hydrogen-bond acceptors (Lipinski definition) is 5. The maximum Gasteiger partial charge on any atom is 0.253 e. The van der Waals surface area contributed by atoms with Crippen LogP contribution in [0.15, 0.2) is 59.7 Å². The van der Waals surface area contributed by atoms with E-state index in [1.807, 2.05) is 61.6 Å². The molecule has 3 rings (SSSR count). The van der Waals surface area contributed by atoms with Gasteiger partial charge in [0.25, 0.3) is 5.91 Å². The molecule has 178 valence electrons. The highest BCUT2D eigenvalue weighted by Crippen LogP contribution is 2.15. The van der Waals surface area contributed by atoms with Crippen LogP contribution in [0.3, 0.4) is 0 Å². The van der Waals surface area contributed by atoms with Crippen LogP contribution in [0, 0.1) is 0 Å². The Kier molecular flexibility index (Phi) is 9.46. The fourth-order valence-corrected chi connectivity index (χ4v) is 4.24. The lowest BCUT2D eigenvalue weighted by Crippen LogP contribution is -2.34. The third kappa shape index (κ3) is 7.41. The number of aliphatic hydroxyl groups excluding tert-OH is 1. The van der Waals surface area contributed by atoms with Gasteiger partial charge in [0.15, 0.2) is 0 Å². The van der Waals surface area contributed by atoms with Crippen molar-refractivity contribution in [3.8, 4) is 0 Å². The van der Waals surface area contributed by atoms with Gasteiger partial charge in [0, 0.05) is 37.7 Å². The number of hydrazone groups is 1. The normalized spacial score (nSPS) is 17.2. The first-order valence-electron chi connectivity index (χ1n) is 12.1. The van der Waals surface area contributed by atoms with Crippen LogP contribution in [-0.4, -0.2) is 53.8 Å². The van der Waals surface area contributed by atoms with Crippen LogP contribution >= 0.6 is 0 Å². The van der Waals surface area contributed by atoms with Gasteiger partial charge in [0.2, 0.25) is 0 Å². The molecule has 3 N–H and O–H groups in total. The highest BCUT2D eigenvalue weighted by Gasteiger charge is 2.21. The second-order valence-electron chi connectivity index (χ2n) is 9.00. The van der Waals surface area contributed by atoms with Gasteiger partial charge >= 0.3 is 0 Å². The van der Waals surface area contributed by atoms with Crippen molar-refractivity contribution in [1.29, 1.82) is 0 Å². The minimum absolute atomic E-state index is 0.0133. The Morgan fingerprint density at radius 2 is 1.91 bits per heavy atom. The van der Waals surface area contributed by atoms with Crippen LogP contribution in [-0.2, 0) is 6.42 Å². The summed E-state index contributed by atoms with van der Waals surface area (Å²) in [4.78, 5) is 14.6. The fourth-order valence-electron chi connectivity index (χ4n) is 4.24. The van der Waals surface area contributed by atoms with Crippen LogP contribution < -0.4 is 10.7 Å². The highest BCUT2D eigenvalue weighted by atomic mass is 16.3. The summed E-state index contributed by atoms with van der Waals surface area (Å²) in [5.74, 6) is 0.0133. The summed E-state index contributed by atoms with van der Waals surface area (Å²) in [6.07, 6.45) is 4.43. The summed E-state index contributed by atoms with van der Waals surface area (Å²) in [6, 6.07) is 18.3. The first kappa shape index (κ1) is 24.9. The third-order valence-electron chi connectivity index (χ3n) is 6.25. The summed E-state index contributed by atoms with van der Waals surface area (Å²) in [5, 5.41) is 18.3. The van der Waals surface area contributed by atoms with Crippen molar-refractivity contribution in [2.45, 2.75) is 64.1 Å². The van der Waals surface area contributed by atoms with E-state index < -0.39 is 6.10 Å². The summed E-state index contributed by atoms with van der Waals surface area (Å²) >= 11 is 0. The molecule has 2 aromatic carbocycles. The van der Waals surface area contributed by atoms with E-state index >= 15 is 0 Å². The molecule has 1 aliphatic heterocycles. The van der Waals surface area contributed by atoms with E-state index in [1.54, 1.807) is 4.90 Å². The van der Waals surface area contributed by atoms with Crippen LogP contribution in [0.1, 0.15) is 67.1 Å². The van der Waals surface area contributed by atoms with Crippen molar-refractivity contribution in [1.82, 2.24) is 15.6 Å². The van der Waals surface area contributed by atoms with E-state index in [4.69, 9.17) is 0 Å². The average molecular weight is 451 g/mol. The van der Waals surface area contributed by atoms with Crippen molar-refractivity contribution in [2.24, 2.45) is 5.10 Å². The number of carbonyl (C=O) groups excluding carboxylic acids is 1. The Hall–Kier alpha value is -2.70. The lowest BCUT2D eigenvalue weighted by atomic mass is 10.0. The van der Waals surface area contributed by atoms with E-state index in [2.05, 4.69) is 29.7 Å². The van der Waals surface area contributed by atoms with E-state index in [1.165, 1.54) is 5.56 Å². The largest absolute Gasteiger partial charge is 0.387 e. The van der Waals surface area contributed by atoms with Crippen molar-refractivity contribution in [2.75, 3.05) is 20.1 Å². The molecule has 6 heteroatoms. The van der Waals surface area contributed by atoms with Gasteiger partial charge in [0.05, 0.1) is 18.4 Å². The fraction of sp³-hybridized carbons (Fsp3) is 0.481. The summed E-state index contributed by atoms with van der Waals surface area (Å²) in [5.41, 5.74) is 7.01. The van der Waals surface area contributed by atoms with Crippen LogP contribution in [0.4, 0.5) is 0 Å². The summed E-state index contributed by atoms with van der Waals surface area (Å²) < 4.78 is 0. The predicted molar refractivity (Wildman–Crippen MR) is 134 cm³/mol. The van der Waals surface area contributed by atoms with E-state index in [0.717, 1.165) is 43.4 Å². The number of rotatable bonds is 12. The molecular weight excluding hydrogens is 412 g/mol. The van der Waals surface area contributed by atoms with Crippen molar-refractivity contribution in [3.63, 3.8) is 0 Å². The van der Waals surface area contributed by atoms with Gasteiger partial charge < -0.3 is 20.7 Å². The van der Waals surface area contributed by atoms with Crippen LogP contribution in [0.5, 0.6) is 0 Å². The molecule has 0 aromatic heterocycles. The van der Waals surface area contributed by atoms with E-state index in [-0.39, 0.29) is 11.9 Å². The van der Waals surface area contributed by atoms with Gasteiger partial charge in [-0.2, -0.15) is 5.10 Å². The molecule has 0 radical (unpaired) electrons. The smallest absolute Gasteiger partial charge is 0.253 e. The predicted octanol–water partition coefficient (Wildman–Crippen LogP) is 3.92. The number of hydrogen-bond donors (Lipinski definition) is 3. The Morgan fingerprint density at radius 1 is 1.18 bits per heavy atom. The van der Waals surface area contributed by atoms with Crippen LogP contribution in [0.2, 0.25) is 0 Å². The topological polar surface area (TPSA) is 77.0 Å². The molecule has 0 saturated heterocycles. The second-order valence-corrected chi connectivity index (χ2v) is 9.00. The molecule has 0 spiro atoms. The first-order valence-corrected chi connectivity index (χ1v) is 12.1. The lowest BCUT2D eigenvalue weighted by Gasteiger charge is -2.20. The minimum atomic E-state index is -0.521. The Labute approximate surface area is 198 Å². The van der Waals surface area contributed by atoms with E-state index in [0.29, 0.717) is 24.7 Å². The zero-order chi connectivity index (χ0) is 23.6. The molecule has 2 aromatic rings. The molecule has 6 nitrogen and oxygen atoms in total. The maximum atomic E-state index is 12.9. The molecule has 0 aliphatic carbocycles. The molecule has 1 aliphatic rings. The van der Waals surface area contributed by atoms with Crippen molar-refractivity contribution in [3.05, 3.63) is 71.3 Å². The average Bonchev–Trinajstić information content (AvgIpc) is 3.29. The van der Waals surface area contributed by atoms with Gasteiger partial charge in [-0.1, -0.05) is 62.7 Å². The molecule has 33 heavy (non-hydrogen) atoms. The zero-order valence-corrected chi connectivity index (χ0v) is 20.1. The lowest BCUT2D eigenvalue weighted by molar-refractivity contribution is 0.0814. The number of carbonyl (C=O) groups is 1. The molecule has 0 fully saturated rings. The highest BCUT2D eigenvalue weighted by molar-refractivity contribution is 5.98. The zero-order valence-electron chi connectivity index (χ0n) is 20.1. The Morgan fingerprint density at radius 3 is 2.58 bits per heavy atom. The van der Waals surface area contributed by atoms with Crippen LogP contribution in [0.25, 0.3) is 0 Å². The van der Waals surface area contributed by atoms with Gasteiger partial charge in [0.1, 0.15) is 0 Å². The summed E-state index contributed by atoms with van der Waals surface area (Å²) in [6.45, 7) is 5.39. The second kappa shape index (κ2) is 12.5. The molecule has 1 amide bonds. The Balaban J connectivity index is 1.48. The molecular formula is C27H38N4O2. The maximum absolute atomic E-state index is 12.9. The summed E-state index contributed by atoms with van der Waals surface area (Å²) in [7, 11) is 1.83. The van der Waals surface area contributed by atoms with Crippen molar-refractivity contribution < 1.29 is 9.90 Å². The van der Waals surface area contributed by atoms with Gasteiger partial charge in [-0.05, 0) is 42.5 Å². The monoisotopic (exact) mass is 450 g/mol. The SMILES string of the molecule is CCCC1CC(CN(C)C(=O)c2ccc(C[C@H](CC)NC[C@H](O)c3ccccc3)cc2)=NN1.